The van der Waals surface area contributed by atoms with Crippen LogP contribution in [0.5, 0.6) is 0 Å². The molecule has 1 aromatic rings. The van der Waals surface area contributed by atoms with Gasteiger partial charge < -0.3 is 40.3 Å². The number of cyclic esters (lactones) is 2. The quantitative estimate of drug-likeness (QED) is 0.234. The first-order valence-electron chi connectivity index (χ1n) is 20.5. The van der Waals surface area contributed by atoms with Crippen LogP contribution in [0.4, 0.5) is 0 Å². The van der Waals surface area contributed by atoms with Gasteiger partial charge in [0, 0.05) is 32.0 Å². The first-order valence-corrected chi connectivity index (χ1v) is 20.5. The van der Waals surface area contributed by atoms with Gasteiger partial charge in [-0.25, -0.2) is 9.59 Å². The SMILES string of the molecule is C/C=C(\C)[C@H]1OC(=O)[C@H](C)NC(=O)[C@H]([C@@H](C)CC)NC(=O)CN(C)C(=O)[C@H](Cc2ccccc2)N(C)C(=O)[C@H](C)NC(=O)[C@@H](CC(C)C)OC(=O)/C(C)=C/C[C@H](O)[C@@H]1C. The maximum atomic E-state index is 14.1. The number of hydrogen-bond donors (Lipinski definition) is 4. The summed E-state index contributed by atoms with van der Waals surface area (Å²) in [5.41, 5.74) is 1.51. The highest BCUT2D eigenvalue weighted by molar-refractivity contribution is 5.96. The molecule has 1 aliphatic rings. The van der Waals surface area contributed by atoms with Gasteiger partial charge in [0.05, 0.1) is 12.6 Å². The fourth-order valence-corrected chi connectivity index (χ4v) is 6.55. The molecular weight excluding hydrogens is 759 g/mol. The molecule has 0 saturated heterocycles. The Morgan fingerprint density at radius 2 is 1.51 bits per heavy atom. The van der Waals surface area contributed by atoms with E-state index in [1.54, 1.807) is 58.0 Å². The Kier molecular flexibility index (Phi) is 20.0. The van der Waals surface area contributed by atoms with E-state index in [9.17, 15) is 38.7 Å². The second-order valence-corrected chi connectivity index (χ2v) is 16.2. The third-order valence-corrected chi connectivity index (χ3v) is 10.8. The Bertz CT molecular complexity index is 1700. The Labute approximate surface area is 349 Å². The third-order valence-electron chi connectivity index (χ3n) is 10.8. The summed E-state index contributed by atoms with van der Waals surface area (Å²) in [6.45, 7) is 16.5. The molecule has 59 heavy (non-hydrogen) atoms. The maximum Gasteiger partial charge on any atom is 0.334 e. The number of carbonyl (C=O) groups excluding carboxylic acids is 7. The zero-order valence-electron chi connectivity index (χ0n) is 36.9. The van der Waals surface area contributed by atoms with Gasteiger partial charge in [0.2, 0.25) is 23.6 Å². The van der Waals surface area contributed by atoms with Gasteiger partial charge in [0.25, 0.3) is 5.91 Å². The molecule has 15 nitrogen and oxygen atoms in total. The van der Waals surface area contributed by atoms with Crippen LogP contribution in [0.3, 0.4) is 0 Å². The van der Waals surface area contributed by atoms with E-state index in [1.165, 1.54) is 50.7 Å². The number of hydrogen-bond acceptors (Lipinski definition) is 10. The summed E-state index contributed by atoms with van der Waals surface area (Å²) in [6, 6.07) is 4.53. The number of rotatable bonds is 7. The number of carbonyl (C=O) groups is 7. The van der Waals surface area contributed by atoms with Crippen molar-refractivity contribution in [2.24, 2.45) is 17.8 Å². The summed E-state index contributed by atoms with van der Waals surface area (Å²) in [6.07, 6.45) is 0.687. The van der Waals surface area contributed by atoms with E-state index < -0.39 is 96.4 Å². The monoisotopic (exact) mass is 825 g/mol. The number of aliphatic hydroxyl groups excluding tert-OH is 1. The molecule has 0 saturated carbocycles. The molecule has 5 amide bonds. The third kappa shape index (κ3) is 14.9. The minimum Gasteiger partial charge on any atom is -0.456 e. The van der Waals surface area contributed by atoms with Gasteiger partial charge in [0.15, 0.2) is 6.10 Å². The Morgan fingerprint density at radius 3 is 2.08 bits per heavy atom. The second kappa shape index (κ2) is 23.5. The van der Waals surface area contributed by atoms with E-state index in [0.29, 0.717) is 12.0 Å². The first kappa shape index (κ1) is 50.1. The Hall–Kier alpha value is -5.05. The molecule has 328 valence electrons. The lowest BCUT2D eigenvalue weighted by Crippen LogP contribution is -2.57. The van der Waals surface area contributed by atoms with Crippen molar-refractivity contribution in [2.75, 3.05) is 20.6 Å². The number of benzene rings is 1. The highest BCUT2D eigenvalue weighted by Gasteiger charge is 2.36. The first-order chi connectivity index (χ1) is 27.6. The summed E-state index contributed by atoms with van der Waals surface area (Å²) < 4.78 is 11.5. The van der Waals surface area contributed by atoms with Crippen LogP contribution in [-0.4, -0.2) is 120 Å². The van der Waals surface area contributed by atoms with E-state index in [1.807, 2.05) is 26.8 Å². The molecule has 0 fully saturated rings. The number of nitrogens with zero attached hydrogens (tertiary/aromatic N) is 2. The maximum absolute atomic E-state index is 14.1. The lowest BCUT2D eigenvalue weighted by molar-refractivity contribution is -0.155. The topological polar surface area (TPSA) is 201 Å². The van der Waals surface area contributed by atoms with Crippen molar-refractivity contribution in [3.63, 3.8) is 0 Å². The van der Waals surface area contributed by atoms with Crippen LogP contribution in [0, 0.1) is 17.8 Å². The zero-order chi connectivity index (χ0) is 44.7. The zero-order valence-corrected chi connectivity index (χ0v) is 36.9. The number of aliphatic hydroxyl groups is 1. The Balaban J connectivity index is 2.62. The van der Waals surface area contributed by atoms with Gasteiger partial charge in [-0.15, -0.1) is 0 Å². The summed E-state index contributed by atoms with van der Waals surface area (Å²) in [5, 5.41) is 19.3. The van der Waals surface area contributed by atoms with Gasteiger partial charge in [-0.1, -0.05) is 83.5 Å². The van der Waals surface area contributed by atoms with Crippen molar-refractivity contribution in [3.8, 4) is 0 Å². The summed E-state index contributed by atoms with van der Waals surface area (Å²) >= 11 is 0. The highest BCUT2D eigenvalue weighted by atomic mass is 16.6. The Morgan fingerprint density at radius 1 is 0.898 bits per heavy atom. The van der Waals surface area contributed by atoms with Crippen molar-refractivity contribution in [1.82, 2.24) is 25.8 Å². The molecule has 0 spiro atoms. The van der Waals surface area contributed by atoms with Crippen molar-refractivity contribution in [2.45, 2.75) is 137 Å². The fourth-order valence-electron chi connectivity index (χ4n) is 6.55. The average molecular weight is 826 g/mol. The van der Waals surface area contributed by atoms with Crippen molar-refractivity contribution >= 4 is 41.5 Å². The highest BCUT2D eigenvalue weighted by Crippen LogP contribution is 2.24. The van der Waals surface area contributed by atoms with Gasteiger partial charge in [-0.2, -0.15) is 0 Å². The molecule has 0 radical (unpaired) electrons. The van der Waals surface area contributed by atoms with E-state index in [0.717, 1.165) is 5.56 Å². The molecule has 0 aromatic heterocycles. The van der Waals surface area contributed by atoms with E-state index in [2.05, 4.69) is 16.0 Å². The number of likely N-dealkylation sites (N-methyl/N-ethyl adjacent to an activating group) is 2. The summed E-state index contributed by atoms with van der Waals surface area (Å²) in [7, 11) is 2.85. The molecule has 15 heteroatoms. The summed E-state index contributed by atoms with van der Waals surface area (Å²) in [4.78, 5) is 98.0. The molecule has 9 atom stereocenters. The molecule has 1 aromatic carbocycles. The molecule has 1 heterocycles. The predicted molar refractivity (Wildman–Crippen MR) is 223 cm³/mol. The molecule has 1 aliphatic heterocycles. The smallest absolute Gasteiger partial charge is 0.334 e. The minimum atomic E-state index is -1.26. The second-order valence-electron chi connectivity index (χ2n) is 16.2. The van der Waals surface area contributed by atoms with Crippen molar-refractivity contribution in [3.05, 3.63) is 59.2 Å². The molecule has 4 N–H and O–H groups in total. The predicted octanol–water partition coefficient (Wildman–Crippen LogP) is 3.24. The molecule has 2 rings (SSSR count). The van der Waals surface area contributed by atoms with E-state index in [-0.39, 0.29) is 36.7 Å². The molecule has 0 unspecified atom stereocenters. The van der Waals surface area contributed by atoms with Gasteiger partial charge in [0.1, 0.15) is 30.3 Å². The van der Waals surface area contributed by atoms with Crippen LogP contribution < -0.4 is 16.0 Å². The number of allylic oxidation sites excluding steroid dienone is 1. The molecule has 0 bridgehead atoms. The average Bonchev–Trinajstić information content (AvgIpc) is 3.20. The van der Waals surface area contributed by atoms with Gasteiger partial charge >= 0.3 is 11.9 Å². The normalized spacial score (nSPS) is 28.8. The molecule has 0 aliphatic carbocycles. The lowest BCUT2D eigenvalue weighted by atomic mass is 9.90. The molecular formula is C44H67N5O10. The van der Waals surface area contributed by atoms with Gasteiger partial charge in [-0.05, 0) is 70.4 Å². The lowest BCUT2D eigenvalue weighted by Gasteiger charge is -2.33. The number of ether oxygens (including phenoxy) is 2. The number of nitrogens with one attached hydrogen (secondary N) is 3. The van der Waals surface area contributed by atoms with Crippen LogP contribution in [0.25, 0.3) is 0 Å². The summed E-state index contributed by atoms with van der Waals surface area (Å²) in [5.74, 6) is -5.83. The number of esters is 2. The van der Waals surface area contributed by atoms with Crippen LogP contribution in [0.15, 0.2) is 53.6 Å². The van der Waals surface area contributed by atoms with E-state index in [4.69, 9.17) is 9.47 Å². The van der Waals surface area contributed by atoms with Crippen molar-refractivity contribution < 1.29 is 48.1 Å². The standard InChI is InChI=1S/C44H67N5O10/c1-13-26(5)37-40(53)46-31(10)44(57)59-38(27(6)14-2)29(8)34(50)21-20-28(7)43(56)58-35(22-25(3)4)39(52)45-30(9)41(54)49(12)33(23-32-18-16-15-17-19-32)42(55)48(11)24-36(51)47-37/h14-20,25-26,29-31,33-35,37-38,50H,13,21-24H2,1-12H3,(H,45,52)(H,46,53)(H,47,51)/b27-14+,28-20+/t26-,29-,30-,31-,33-,34-,35+,37-,38+/m0/s1. The van der Waals surface area contributed by atoms with Crippen LogP contribution >= 0.6 is 0 Å². The van der Waals surface area contributed by atoms with Gasteiger partial charge in [-0.3, -0.25) is 24.0 Å². The number of amides is 5. The van der Waals surface area contributed by atoms with Crippen molar-refractivity contribution in [1.29, 1.82) is 0 Å². The van der Waals surface area contributed by atoms with Crippen LogP contribution in [-0.2, 0) is 49.5 Å². The largest absolute Gasteiger partial charge is 0.456 e. The van der Waals surface area contributed by atoms with Crippen LogP contribution in [0.1, 0.15) is 94.1 Å². The van der Waals surface area contributed by atoms with Crippen LogP contribution in [0.2, 0.25) is 0 Å². The van der Waals surface area contributed by atoms with E-state index >= 15 is 0 Å². The fraction of sp³-hybridized carbons (Fsp3) is 0.614. The minimum absolute atomic E-state index is 0.0211.